The lowest BCUT2D eigenvalue weighted by Crippen LogP contribution is -2.14. The SMILES string of the molecule is C1=C/CNCCCCC/1. The van der Waals surface area contributed by atoms with Gasteiger partial charge in [0.15, 0.2) is 0 Å². The van der Waals surface area contributed by atoms with Gasteiger partial charge in [0.25, 0.3) is 0 Å². The first-order valence-corrected chi connectivity index (χ1v) is 3.86. The topological polar surface area (TPSA) is 12.0 Å². The van der Waals surface area contributed by atoms with Crippen molar-refractivity contribution in [2.75, 3.05) is 13.1 Å². The maximum atomic E-state index is 3.34. The van der Waals surface area contributed by atoms with Gasteiger partial charge in [0.1, 0.15) is 0 Å². The Morgan fingerprint density at radius 1 is 1.00 bits per heavy atom. The summed E-state index contributed by atoms with van der Waals surface area (Å²) in [7, 11) is 0. The summed E-state index contributed by atoms with van der Waals surface area (Å²) >= 11 is 0. The standard InChI is InChI=1S/C8H15N/c1-2-4-6-8-9-7-5-3-1/h3,5,9H,1-2,4,6-8H2/b5-3+. The van der Waals surface area contributed by atoms with Crippen LogP contribution in [-0.2, 0) is 0 Å². The molecule has 52 valence electrons. The fourth-order valence-corrected chi connectivity index (χ4v) is 1.08. The molecule has 0 aliphatic carbocycles. The number of rotatable bonds is 0. The van der Waals surface area contributed by atoms with Crippen LogP contribution >= 0.6 is 0 Å². The molecule has 1 heterocycles. The van der Waals surface area contributed by atoms with Gasteiger partial charge in [0, 0.05) is 6.54 Å². The predicted molar refractivity (Wildman–Crippen MR) is 40.5 cm³/mol. The van der Waals surface area contributed by atoms with E-state index in [1.54, 1.807) is 0 Å². The maximum Gasteiger partial charge on any atom is 0.0134 e. The Bertz CT molecular complexity index is 76.6. The van der Waals surface area contributed by atoms with Crippen molar-refractivity contribution in [1.82, 2.24) is 5.32 Å². The molecular weight excluding hydrogens is 110 g/mol. The van der Waals surface area contributed by atoms with Crippen LogP contribution in [0.25, 0.3) is 0 Å². The first-order valence-electron chi connectivity index (χ1n) is 3.86. The summed E-state index contributed by atoms with van der Waals surface area (Å²) in [6.07, 6.45) is 9.89. The van der Waals surface area contributed by atoms with E-state index in [-0.39, 0.29) is 0 Å². The van der Waals surface area contributed by atoms with Crippen molar-refractivity contribution < 1.29 is 0 Å². The zero-order valence-corrected chi connectivity index (χ0v) is 5.90. The summed E-state index contributed by atoms with van der Waals surface area (Å²) in [5, 5.41) is 3.34. The van der Waals surface area contributed by atoms with Gasteiger partial charge in [0.05, 0.1) is 0 Å². The minimum atomic E-state index is 1.07. The molecule has 1 N–H and O–H groups in total. The van der Waals surface area contributed by atoms with Crippen LogP contribution in [0.5, 0.6) is 0 Å². The van der Waals surface area contributed by atoms with Crippen molar-refractivity contribution >= 4 is 0 Å². The highest BCUT2D eigenvalue weighted by Gasteiger charge is 1.89. The molecular formula is C8H15N. The minimum absolute atomic E-state index is 1.07. The van der Waals surface area contributed by atoms with E-state index in [0.717, 1.165) is 6.54 Å². The van der Waals surface area contributed by atoms with Crippen molar-refractivity contribution in [3.8, 4) is 0 Å². The highest BCUT2D eigenvalue weighted by molar-refractivity contribution is 4.84. The highest BCUT2D eigenvalue weighted by Crippen LogP contribution is 2.00. The Morgan fingerprint density at radius 3 is 3.00 bits per heavy atom. The molecule has 1 heteroatoms. The lowest BCUT2D eigenvalue weighted by atomic mass is 10.2. The molecule has 9 heavy (non-hydrogen) atoms. The van der Waals surface area contributed by atoms with Gasteiger partial charge in [-0.2, -0.15) is 0 Å². The Balaban J connectivity index is 2.15. The Hall–Kier alpha value is -0.300. The van der Waals surface area contributed by atoms with E-state index in [1.807, 2.05) is 0 Å². The summed E-state index contributed by atoms with van der Waals surface area (Å²) < 4.78 is 0. The van der Waals surface area contributed by atoms with E-state index >= 15 is 0 Å². The van der Waals surface area contributed by atoms with Gasteiger partial charge in [-0.05, 0) is 25.8 Å². The fourth-order valence-electron chi connectivity index (χ4n) is 1.08. The Morgan fingerprint density at radius 2 is 2.00 bits per heavy atom. The number of nitrogens with one attached hydrogen (secondary N) is 1. The smallest absolute Gasteiger partial charge is 0.0134 e. The summed E-state index contributed by atoms with van der Waals surface area (Å²) in [4.78, 5) is 0. The minimum Gasteiger partial charge on any atom is -0.313 e. The van der Waals surface area contributed by atoms with Crippen LogP contribution in [0, 0.1) is 0 Å². The Kier molecular flexibility index (Phi) is 3.46. The van der Waals surface area contributed by atoms with Crippen LogP contribution in [0.15, 0.2) is 12.2 Å². The second-order valence-electron chi connectivity index (χ2n) is 2.52. The van der Waals surface area contributed by atoms with E-state index < -0.39 is 0 Å². The van der Waals surface area contributed by atoms with Gasteiger partial charge in [0.2, 0.25) is 0 Å². The van der Waals surface area contributed by atoms with Crippen LogP contribution in [0.4, 0.5) is 0 Å². The largest absolute Gasteiger partial charge is 0.313 e. The number of hydrogen-bond acceptors (Lipinski definition) is 1. The van der Waals surface area contributed by atoms with E-state index in [9.17, 15) is 0 Å². The van der Waals surface area contributed by atoms with Crippen molar-refractivity contribution in [1.29, 1.82) is 0 Å². The normalized spacial score (nSPS) is 25.8. The third kappa shape index (κ3) is 3.31. The van der Waals surface area contributed by atoms with Crippen molar-refractivity contribution in [2.24, 2.45) is 0 Å². The predicted octanol–water partition coefficient (Wildman–Crippen LogP) is 1.71. The lowest BCUT2D eigenvalue weighted by Gasteiger charge is -1.96. The second-order valence-corrected chi connectivity index (χ2v) is 2.52. The molecule has 0 fully saturated rings. The first-order chi connectivity index (χ1) is 4.50. The summed E-state index contributed by atoms with van der Waals surface area (Å²) in [5.41, 5.74) is 0. The fraction of sp³-hybridized carbons (Fsp3) is 0.750. The lowest BCUT2D eigenvalue weighted by molar-refractivity contribution is 0.641. The Labute approximate surface area is 57.1 Å². The van der Waals surface area contributed by atoms with Gasteiger partial charge in [-0.1, -0.05) is 18.6 Å². The molecule has 0 amide bonds. The maximum absolute atomic E-state index is 3.34. The molecule has 0 aromatic carbocycles. The summed E-state index contributed by atoms with van der Waals surface area (Å²) in [6, 6.07) is 0. The molecule has 0 saturated heterocycles. The zero-order chi connectivity index (χ0) is 6.36. The molecule has 0 unspecified atom stereocenters. The molecule has 0 radical (unpaired) electrons. The van der Waals surface area contributed by atoms with Crippen LogP contribution < -0.4 is 5.32 Å². The molecule has 0 aromatic rings. The van der Waals surface area contributed by atoms with E-state index in [1.165, 1.54) is 32.2 Å². The van der Waals surface area contributed by atoms with E-state index in [0.29, 0.717) is 0 Å². The van der Waals surface area contributed by atoms with Gasteiger partial charge in [-0.15, -0.1) is 0 Å². The zero-order valence-electron chi connectivity index (χ0n) is 5.90. The van der Waals surface area contributed by atoms with Crippen LogP contribution in [0.2, 0.25) is 0 Å². The summed E-state index contributed by atoms with van der Waals surface area (Å²) in [5.74, 6) is 0. The molecule has 1 rings (SSSR count). The molecule has 0 saturated carbocycles. The van der Waals surface area contributed by atoms with Gasteiger partial charge in [-0.25, -0.2) is 0 Å². The van der Waals surface area contributed by atoms with Gasteiger partial charge < -0.3 is 5.32 Å². The van der Waals surface area contributed by atoms with Crippen LogP contribution in [0.1, 0.15) is 25.7 Å². The summed E-state index contributed by atoms with van der Waals surface area (Å²) in [6.45, 7) is 2.27. The van der Waals surface area contributed by atoms with Crippen molar-refractivity contribution in [2.45, 2.75) is 25.7 Å². The van der Waals surface area contributed by atoms with Gasteiger partial charge >= 0.3 is 0 Å². The molecule has 0 atom stereocenters. The third-order valence-electron chi connectivity index (χ3n) is 1.65. The average Bonchev–Trinajstić information content (AvgIpc) is 2.00. The van der Waals surface area contributed by atoms with Gasteiger partial charge in [-0.3, -0.25) is 0 Å². The molecule has 1 aliphatic heterocycles. The third-order valence-corrected chi connectivity index (χ3v) is 1.65. The molecule has 1 nitrogen and oxygen atoms in total. The monoisotopic (exact) mass is 125 g/mol. The van der Waals surface area contributed by atoms with Crippen molar-refractivity contribution in [3.05, 3.63) is 12.2 Å². The van der Waals surface area contributed by atoms with E-state index in [2.05, 4.69) is 17.5 Å². The highest BCUT2D eigenvalue weighted by atomic mass is 14.8. The molecule has 0 aromatic heterocycles. The number of allylic oxidation sites excluding steroid dienone is 1. The number of hydrogen-bond donors (Lipinski definition) is 1. The van der Waals surface area contributed by atoms with Crippen LogP contribution in [0.3, 0.4) is 0 Å². The van der Waals surface area contributed by atoms with E-state index in [4.69, 9.17) is 0 Å². The molecule has 1 aliphatic rings. The van der Waals surface area contributed by atoms with Crippen LogP contribution in [-0.4, -0.2) is 13.1 Å². The molecule has 0 bridgehead atoms. The first kappa shape index (κ1) is 6.81. The quantitative estimate of drug-likeness (QED) is 0.486. The van der Waals surface area contributed by atoms with Crippen molar-refractivity contribution in [3.63, 3.8) is 0 Å². The second kappa shape index (κ2) is 4.57. The molecule has 0 spiro atoms. The average molecular weight is 125 g/mol.